The van der Waals surface area contributed by atoms with Gasteiger partial charge in [0.2, 0.25) is 0 Å². The molecule has 13 heavy (non-hydrogen) atoms. The van der Waals surface area contributed by atoms with Crippen molar-refractivity contribution in [1.82, 2.24) is 0 Å². The smallest absolute Gasteiger partial charge is 0.0641 e. The summed E-state index contributed by atoms with van der Waals surface area (Å²) in [5.41, 5.74) is -0.264. The molecule has 0 aliphatic carbocycles. The maximum atomic E-state index is 9.93. The Bertz CT molecular complexity index is 134. The van der Waals surface area contributed by atoms with Gasteiger partial charge in [0, 0.05) is 13.7 Å². The van der Waals surface area contributed by atoms with Crippen molar-refractivity contribution >= 4 is 0 Å². The predicted octanol–water partition coefficient (Wildman–Crippen LogP) is 2.60. The SMILES string of the molecule is COCCC(C)(O)CCC(C)(C)C. The van der Waals surface area contributed by atoms with Crippen LogP contribution in [0.2, 0.25) is 0 Å². The summed E-state index contributed by atoms with van der Waals surface area (Å²) in [6.45, 7) is 9.10. The number of ether oxygens (including phenoxy) is 1. The zero-order chi connectivity index (χ0) is 10.5. The lowest BCUT2D eigenvalue weighted by atomic mass is 9.84. The average Bonchev–Trinajstić information content (AvgIpc) is 1.97. The first-order valence-electron chi connectivity index (χ1n) is 4.98. The Morgan fingerprint density at radius 2 is 1.54 bits per heavy atom. The fourth-order valence-corrected chi connectivity index (χ4v) is 1.09. The molecule has 0 aromatic rings. The van der Waals surface area contributed by atoms with Crippen LogP contribution >= 0.6 is 0 Å². The minimum atomic E-state index is -0.566. The Hall–Kier alpha value is -0.0800. The van der Waals surface area contributed by atoms with Gasteiger partial charge in [0.25, 0.3) is 0 Å². The van der Waals surface area contributed by atoms with Crippen LogP contribution in [0.3, 0.4) is 0 Å². The lowest BCUT2D eigenvalue weighted by Gasteiger charge is -2.27. The van der Waals surface area contributed by atoms with Crippen LogP contribution in [0.25, 0.3) is 0 Å². The molecule has 1 N–H and O–H groups in total. The van der Waals surface area contributed by atoms with Crippen molar-refractivity contribution in [3.05, 3.63) is 0 Å². The summed E-state index contributed by atoms with van der Waals surface area (Å²) in [7, 11) is 1.67. The summed E-state index contributed by atoms with van der Waals surface area (Å²) in [5.74, 6) is 0. The number of methoxy groups -OCH3 is 1. The van der Waals surface area contributed by atoms with Crippen molar-refractivity contribution in [1.29, 1.82) is 0 Å². The topological polar surface area (TPSA) is 29.5 Å². The molecule has 0 amide bonds. The monoisotopic (exact) mass is 188 g/mol. The highest BCUT2D eigenvalue weighted by Crippen LogP contribution is 2.26. The average molecular weight is 188 g/mol. The summed E-state index contributed by atoms with van der Waals surface area (Å²) in [4.78, 5) is 0. The largest absolute Gasteiger partial charge is 0.390 e. The fraction of sp³-hybridized carbons (Fsp3) is 1.00. The molecule has 2 nitrogen and oxygen atoms in total. The highest BCUT2D eigenvalue weighted by atomic mass is 16.5. The normalized spacial score (nSPS) is 17.1. The third-order valence-electron chi connectivity index (χ3n) is 2.26. The summed E-state index contributed by atoms with van der Waals surface area (Å²) < 4.78 is 4.95. The Balaban J connectivity index is 3.75. The molecule has 0 saturated carbocycles. The molecule has 0 saturated heterocycles. The van der Waals surface area contributed by atoms with E-state index in [0.29, 0.717) is 12.0 Å². The van der Waals surface area contributed by atoms with Gasteiger partial charge in [-0.05, 0) is 31.6 Å². The van der Waals surface area contributed by atoms with Crippen LogP contribution in [-0.2, 0) is 4.74 Å². The summed E-state index contributed by atoms with van der Waals surface area (Å²) in [6, 6.07) is 0. The molecular weight excluding hydrogens is 164 g/mol. The van der Waals surface area contributed by atoms with Gasteiger partial charge in [-0.2, -0.15) is 0 Å². The summed E-state index contributed by atoms with van der Waals surface area (Å²) in [5, 5.41) is 9.93. The highest BCUT2D eigenvalue weighted by Gasteiger charge is 2.22. The number of hydrogen-bond acceptors (Lipinski definition) is 2. The van der Waals surface area contributed by atoms with Gasteiger partial charge in [-0.1, -0.05) is 20.8 Å². The van der Waals surface area contributed by atoms with E-state index in [-0.39, 0.29) is 0 Å². The van der Waals surface area contributed by atoms with E-state index < -0.39 is 5.60 Å². The zero-order valence-electron chi connectivity index (χ0n) is 9.68. The Labute approximate surface area is 82.3 Å². The quantitative estimate of drug-likeness (QED) is 0.718. The molecule has 0 radical (unpaired) electrons. The van der Waals surface area contributed by atoms with E-state index in [0.717, 1.165) is 19.3 Å². The lowest BCUT2D eigenvalue weighted by Crippen LogP contribution is -2.27. The molecule has 0 spiro atoms. The maximum absolute atomic E-state index is 9.93. The van der Waals surface area contributed by atoms with E-state index in [2.05, 4.69) is 20.8 Å². The van der Waals surface area contributed by atoms with Crippen molar-refractivity contribution in [3.63, 3.8) is 0 Å². The van der Waals surface area contributed by atoms with Gasteiger partial charge in [0.05, 0.1) is 5.60 Å². The predicted molar refractivity (Wildman–Crippen MR) is 55.8 cm³/mol. The van der Waals surface area contributed by atoms with Crippen LogP contribution < -0.4 is 0 Å². The molecule has 0 aromatic carbocycles. The molecule has 0 aliphatic heterocycles. The van der Waals surface area contributed by atoms with Crippen LogP contribution in [0.4, 0.5) is 0 Å². The molecule has 0 heterocycles. The number of rotatable bonds is 5. The van der Waals surface area contributed by atoms with E-state index >= 15 is 0 Å². The van der Waals surface area contributed by atoms with Crippen molar-refractivity contribution in [3.8, 4) is 0 Å². The molecule has 2 heteroatoms. The molecule has 0 aromatic heterocycles. The fourth-order valence-electron chi connectivity index (χ4n) is 1.09. The molecule has 80 valence electrons. The number of aliphatic hydroxyl groups is 1. The Kier molecular flexibility index (Phi) is 4.93. The second-order valence-electron chi connectivity index (χ2n) is 5.30. The highest BCUT2D eigenvalue weighted by molar-refractivity contribution is 4.75. The van der Waals surface area contributed by atoms with Crippen LogP contribution in [0.5, 0.6) is 0 Å². The van der Waals surface area contributed by atoms with Gasteiger partial charge in [-0.25, -0.2) is 0 Å². The van der Waals surface area contributed by atoms with Crippen molar-refractivity contribution < 1.29 is 9.84 Å². The van der Waals surface area contributed by atoms with Gasteiger partial charge < -0.3 is 9.84 Å². The van der Waals surface area contributed by atoms with Gasteiger partial charge in [0.15, 0.2) is 0 Å². The van der Waals surface area contributed by atoms with Gasteiger partial charge in [-0.15, -0.1) is 0 Å². The first-order valence-corrected chi connectivity index (χ1v) is 4.98. The Morgan fingerprint density at radius 3 is 1.92 bits per heavy atom. The molecule has 0 bridgehead atoms. The van der Waals surface area contributed by atoms with Crippen LogP contribution in [0.15, 0.2) is 0 Å². The van der Waals surface area contributed by atoms with Crippen LogP contribution in [0, 0.1) is 5.41 Å². The van der Waals surface area contributed by atoms with Crippen LogP contribution in [0.1, 0.15) is 47.0 Å². The molecular formula is C11H24O2. The minimum absolute atomic E-state index is 0.303. The summed E-state index contributed by atoms with van der Waals surface area (Å²) >= 11 is 0. The van der Waals surface area contributed by atoms with Gasteiger partial charge >= 0.3 is 0 Å². The molecule has 0 rings (SSSR count). The van der Waals surface area contributed by atoms with Crippen molar-refractivity contribution in [2.45, 2.75) is 52.6 Å². The maximum Gasteiger partial charge on any atom is 0.0641 e. The van der Waals surface area contributed by atoms with Gasteiger partial charge in [0.1, 0.15) is 0 Å². The molecule has 1 unspecified atom stereocenters. The third kappa shape index (κ3) is 8.26. The third-order valence-corrected chi connectivity index (χ3v) is 2.26. The molecule has 1 atom stereocenters. The van der Waals surface area contributed by atoms with E-state index in [4.69, 9.17) is 4.74 Å². The summed E-state index contributed by atoms with van der Waals surface area (Å²) in [6.07, 6.45) is 2.61. The second-order valence-corrected chi connectivity index (χ2v) is 5.30. The van der Waals surface area contributed by atoms with E-state index in [1.165, 1.54) is 0 Å². The van der Waals surface area contributed by atoms with Crippen molar-refractivity contribution in [2.24, 2.45) is 5.41 Å². The van der Waals surface area contributed by atoms with E-state index in [1.54, 1.807) is 7.11 Å². The zero-order valence-corrected chi connectivity index (χ0v) is 9.68. The Morgan fingerprint density at radius 1 is 1.00 bits per heavy atom. The number of hydrogen-bond donors (Lipinski definition) is 1. The van der Waals surface area contributed by atoms with Gasteiger partial charge in [-0.3, -0.25) is 0 Å². The van der Waals surface area contributed by atoms with Crippen molar-refractivity contribution in [2.75, 3.05) is 13.7 Å². The first kappa shape index (κ1) is 12.9. The molecule has 0 fully saturated rings. The lowest BCUT2D eigenvalue weighted by molar-refractivity contribution is 0.00881. The second kappa shape index (κ2) is 4.97. The van der Waals surface area contributed by atoms with Crippen LogP contribution in [-0.4, -0.2) is 24.4 Å². The standard InChI is InChI=1S/C11H24O2/c1-10(2,3)6-7-11(4,12)8-9-13-5/h12H,6-9H2,1-5H3. The van der Waals surface area contributed by atoms with E-state index in [9.17, 15) is 5.11 Å². The molecule has 0 aliphatic rings. The minimum Gasteiger partial charge on any atom is -0.390 e. The first-order chi connectivity index (χ1) is 5.77. The van der Waals surface area contributed by atoms with E-state index in [1.807, 2.05) is 6.92 Å².